The van der Waals surface area contributed by atoms with Gasteiger partial charge < -0.3 is 27.0 Å². The average molecular weight is 283 g/mol. The second-order valence-electron chi connectivity index (χ2n) is 3.83. The smallest absolute Gasteiger partial charge is 0.322 e. The van der Waals surface area contributed by atoms with Crippen LogP contribution < -0.4 is 16.8 Å². The summed E-state index contributed by atoms with van der Waals surface area (Å²) >= 11 is 0. The van der Waals surface area contributed by atoms with Crippen LogP contribution in [0.15, 0.2) is 24.3 Å². The molecular formula is C12H17N3O5. The molecule has 7 N–H and O–H groups in total. The fourth-order valence-electron chi connectivity index (χ4n) is 0.892. The number of nitrogen functional groups attached to an aromatic ring is 1. The fourth-order valence-corrected chi connectivity index (χ4v) is 0.892. The second kappa shape index (κ2) is 8.48. The maximum Gasteiger partial charge on any atom is 0.322 e. The van der Waals surface area contributed by atoms with Crippen molar-refractivity contribution in [2.75, 3.05) is 12.3 Å². The van der Waals surface area contributed by atoms with Crippen LogP contribution in [-0.4, -0.2) is 40.6 Å². The van der Waals surface area contributed by atoms with Gasteiger partial charge in [0.25, 0.3) is 5.91 Å². The van der Waals surface area contributed by atoms with E-state index in [2.05, 4.69) is 5.32 Å². The molecule has 1 aromatic rings. The summed E-state index contributed by atoms with van der Waals surface area (Å²) in [6, 6.07) is 5.50. The number of carbonyl (C=O) groups excluding carboxylic acids is 1. The molecule has 0 bridgehead atoms. The van der Waals surface area contributed by atoms with Gasteiger partial charge in [-0.05, 0) is 31.2 Å². The molecule has 20 heavy (non-hydrogen) atoms. The second-order valence-corrected chi connectivity index (χ2v) is 3.83. The van der Waals surface area contributed by atoms with E-state index in [1.54, 1.807) is 12.1 Å². The van der Waals surface area contributed by atoms with Gasteiger partial charge in [-0.1, -0.05) is 0 Å². The first-order valence-corrected chi connectivity index (χ1v) is 5.58. The minimum Gasteiger partial charge on any atom is -0.480 e. The summed E-state index contributed by atoms with van der Waals surface area (Å²) in [5.74, 6) is -2.46. The number of rotatable bonds is 4. The average Bonchev–Trinajstić information content (AvgIpc) is 2.37. The first-order chi connectivity index (χ1) is 9.23. The summed E-state index contributed by atoms with van der Waals surface area (Å²) in [7, 11) is 0. The number of hydrogen-bond donors (Lipinski definition) is 5. The van der Waals surface area contributed by atoms with E-state index in [0.717, 1.165) is 0 Å². The van der Waals surface area contributed by atoms with Crippen LogP contribution in [0.1, 0.15) is 17.3 Å². The van der Waals surface area contributed by atoms with Crippen LogP contribution in [0.5, 0.6) is 0 Å². The highest BCUT2D eigenvalue weighted by Gasteiger charge is 2.05. The molecule has 0 aliphatic rings. The molecule has 0 aliphatic carbocycles. The van der Waals surface area contributed by atoms with Crippen molar-refractivity contribution in [2.45, 2.75) is 13.0 Å². The van der Waals surface area contributed by atoms with Gasteiger partial charge in [0.1, 0.15) is 12.6 Å². The lowest BCUT2D eigenvalue weighted by molar-refractivity contribution is -0.138. The Morgan fingerprint density at radius 3 is 2.00 bits per heavy atom. The minimum absolute atomic E-state index is 0.386. The lowest BCUT2D eigenvalue weighted by Crippen LogP contribution is -2.29. The van der Waals surface area contributed by atoms with Crippen molar-refractivity contribution < 1.29 is 24.6 Å². The predicted molar refractivity (Wildman–Crippen MR) is 72.1 cm³/mol. The zero-order valence-electron chi connectivity index (χ0n) is 10.9. The molecule has 8 nitrogen and oxygen atoms in total. The van der Waals surface area contributed by atoms with Crippen LogP contribution in [0.4, 0.5) is 5.69 Å². The summed E-state index contributed by atoms with van der Waals surface area (Å²) < 4.78 is 0. The molecule has 0 spiro atoms. The first kappa shape index (κ1) is 17.4. The van der Waals surface area contributed by atoms with Gasteiger partial charge in [0, 0.05) is 11.3 Å². The van der Waals surface area contributed by atoms with Gasteiger partial charge >= 0.3 is 11.9 Å². The van der Waals surface area contributed by atoms with E-state index in [4.69, 9.17) is 21.7 Å². The molecule has 1 atom stereocenters. The van der Waals surface area contributed by atoms with Crippen molar-refractivity contribution in [3.63, 3.8) is 0 Å². The zero-order valence-corrected chi connectivity index (χ0v) is 10.9. The number of hydrogen-bond acceptors (Lipinski definition) is 5. The van der Waals surface area contributed by atoms with Crippen LogP contribution in [-0.2, 0) is 9.59 Å². The third-order valence-electron chi connectivity index (χ3n) is 1.96. The molecule has 8 heteroatoms. The van der Waals surface area contributed by atoms with Crippen LogP contribution in [0, 0.1) is 0 Å². The normalized spacial score (nSPS) is 10.7. The van der Waals surface area contributed by atoms with Crippen LogP contribution in [0.2, 0.25) is 0 Å². The topological polar surface area (TPSA) is 156 Å². The third-order valence-corrected chi connectivity index (χ3v) is 1.96. The summed E-state index contributed by atoms with van der Waals surface area (Å²) in [6.45, 7) is 1.03. The Bertz CT molecular complexity index is 470. The molecule has 1 amide bonds. The summed E-state index contributed by atoms with van der Waals surface area (Å²) in [5, 5.41) is 18.4. The fraction of sp³-hybridized carbons (Fsp3) is 0.250. The quantitative estimate of drug-likeness (QED) is 0.466. The van der Waals surface area contributed by atoms with Crippen LogP contribution >= 0.6 is 0 Å². The molecule has 0 aliphatic heterocycles. The van der Waals surface area contributed by atoms with Crippen LogP contribution in [0.25, 0.3) is 0 Å². The highest BCUT2D eigenvalue weighted by Crippen LogP contribution is 2.04. The zero-order chi connectivity index (χ0) is 15.7. The molecule has 0 heterocycles. The maximum absolute atomic E-state index is 11.2. The molecule has 0 aromatic heterocycles. The number of carboxylic acids is 2. The van der Waals surface area contributed by atoms with Gasteiger partial charge in [-0.25, -0.2) is 0 Å². The number of benzene rings is 1. The van der Waals surface area contributed by atoms with E-state index in [0.29, 0.717) is 11.3 Å². The third kappa shape index (κ3) is 7.67. The number of carboxylic acid groups (broad SMARTS) is 2. The van der Waals surface area contributed by atoms with E-state index in [1.807, 2.05) is 0 Å². The molecule has 1 aromatic carbocycles. The Kier molecular flexibility index (Phi) is 7.38. The van der Waals surface area contributed by atoms with E-state index in [1.165, 1.54) is 19.1 Å². The Morgan fingerprint density at radius 2 is 1.65 bits per heavy atom. The van der Waals surface area contributed by atoms with E-state index >= 15 is 0 Å². The summed E-state index contributed by atoms with van der Waals surface area (Å²) in [6.07, 6.45) is 0. The monoisotopic (exact) mass is 283 g/mol. The van der Waals surface area contributed by atoms with Gasteiger partial charge in [-0.2, -0.15) is 0 Å². The largest absolute Gasteiger partial charge is 0.480 e. The molecule has 0 saturated heterocycles. The first-order valence-electron chi connectivity index (χ1n) is 5.58. The molecule has 110 valence electrons. The van der Waals surface area contributed by atoms with Crippen LogP contribution in [0.3, 0.4) is 0 Å². The molecule has 0 unspecified atom stereocenters. The van der Waals surface area contributed by atoms with Gasteiger partial charge in [-0.15, -0.1) is 0 Å². The van der Waals surface area contributed by atoms with Crippen molar-refractivity contribution in [1.82, 2.24) is 5.32 Å². The number of anilines is 1. The number of nitrogens with two attached hydrogens (primary N) is 2. The van der Waals surface area contributed by atoms with Gasteiger partial charge in [0.15, 0.2) is 0 Å². The van der Waals surface area contributed by atoms with E-state index < -0.39 is 23.9 Å². The van der Waals surface area contributed by atoms with Gasteiger partial charge in [0.05, 0.1) is 0 Å². The van der Waals surface area contributed by atoms with Crippen molar-refractivity contribution in [1.29, 1.82) is 0 Å². The predicted octanol–water partition coefficient (Wildman–Crippen LogP) is -0.499. The highest BCUT2D eigenvalue weighted by molar-refractivity contribution is 5.95. The molecule has 0 saturated carbocycles. The SMILES string of the molecule is C[C@H](N)C(=O)O.Nc1ccc(C(=O)NCC(=O)O)cc1. The Labute approximate surface area is 115 Å². The number of carbonyl (C=O) groups is 3. The van der Waals surface area contributed by atoms with Crippen molar-refractivity contribution in [3.05, 3.63) is 29.8 Å². The van der Waals surface area contributed by atoms with E-state index in [-0.39, 0.29) is 6.54 Å². The van der Waals surface area contributed by atoms with Gasteiger partial charge in [0.2, 0.25) is 0 Å². The van der Waals surface area contributed by atoms with Gasteiger partial charge in [-0.3, -0.25) is 14.4 Å². The summed E-state index contributed by atoms with van der Waals surface area (Å²) in [5.41, 5.74) is 11.2. The molecule has 1 rings (SSSR count). The number of nitrogens with one attached hydrogen (secondary N) is 1. The maximum atomic E-state index is 11.2. The van der Waals surface area contributed by atoms with Crippen molar-refractivity contribution >= 4 is 23.5 Å². The molecular weight excluding hydrogens is 266 g/mol. The standard InChI is InChI=1S/C9H10N2O3.C3H7NO2/c10-7-3-1-6(2-4-7)9(14)11-5-8(12)13;1-2(4)3(5)6/h1-4H,5,10H2,(H,11,14)(H,12,13);2H,4H2,1H3,(H,5,6)/t;2-/m.0/s1. The summed E-state index contributed by atoms with van der Waals surface area (Å²) in [4.78, 5) is 31.0. The number of amides is 1. The Balaban J connectivity index is 0.000000511. The van der Waals surface area contributed by atoms with Crippen molar-refractivity contribution in [3.8, 4) is 0 Å². The Hall–Kier alpha value is -2.61. The lowest BCUT2D eigenvalue weighted by Gasteiger charge is -2.01. The van der Waals surface area contributed by atoms with E-state index in [9.17, 15) is 14.4 Å². The lowest BCUT2D eigenvalue weighted by atomic mass is 10.2. The Morgan fingerprint density at radius 1 is 1.20 bits per heavy atom. The number of aliphatic carboxylic acids is 2. The van der Waals surface area contributed by atoms with Crippen molar-refractivity contribution in [2.24, 2.45) is 5.73 Å². The molecule has 0 fully saturated rings. The minimum atomic E-state index is -1.08. The molecule has 0 radical (unpaired) electrons. The highest BCUT2D eigenvalue weighted by atomic mass is 16.4.